The number of nitrogens with zero attached hydrogens (tertiary/aromatic N) is 5. The van der Waals surface area contributed by atoms with Gasteiger partial charge in [0.05, 0.1) is 24.1 Å². The van der Waals surface area contributed by atoms with Crippen molar-refractivity contribution in [3.8, 4) is 0 Å². The van der Waals surface area contributed by atoms with E-state index >= 15 is 0 Å². The van der Waals surface area contributed by atoms with Gasteiger partial charge in [-0.2, -0.15) is 8.42 Å². The molecule has 16 heteroatoms. The first kappa shape index (κ1) is 30.7. The number of benzene rings is 1. The van der Waals surface area contributed by atoms with E-state index in [0.717, 1.165) is 6.07 Å². The summed E-state index contributed by atoms with van der Waals surface area (Å²) in [6, 6.07) is 1.74. The van der Waals surface area contributed by atoms with Crippen molar-refractivity contribution >= 4 is 45.1 Å². The molecule has 1 aromatic heterocycles. The van der Waals surface area contributed by atoms with Crippen LogP contribution in [0.3, 0.4) is 0 Å². The number of fused-ring (bicyclic) bond motifs is 1. The number of hydrogen-bond acceptors (Lipinski definition) is 7. The second-order valence-corrected chi connectivity index (χ2v) is 9.27. The number of anilines is 1. The summed E-state index contributed by atoms with van der Waals surface area (Å²) < 4.78 is 47.7. The number of aliphatic imine (C=N–C) groups is 1. The number of carbonyl (C=O) groups excluding carboxylic acids is 1. The number of halogens is 1. The largest absolute Gasteiger partial charge is 1.00 e. The van der Waals surface area contributed by atoms with Crippen molar-refractivity contribution in [2.75, 3.05) is 37.6 Å². The number of carbonyl (C=O) groups is 2. The van der Waals surface area contributed by atoms with Crippen molar-refractivity contribution in [3.05, 3.63) is 39.9 Å². The van der Waals surface area contributed by atoms with Gasteiger partial charge >= 0.3 is 75.4 Å². The third-order valence-corrected chi connectivity index (χ3v) is 6.82. The molecule has 186 valence electrons. The Kier molecular flexibility index (Phi) is 10.1. The molecule has 0 aliphatic carbocycles. The van der Waals surface area contributed by atoms with Crippen LogP contribution in [0.2, 0.25) is 0 Å². The maximum absolute atomic E-state index is 14.9. The number of carboxylic acids is 1. The Labute approximate surface area is 253 Å². The number of amides is 1. The molecule has 36 heavy (non-hydrogen) atoms. The summed E-state index contributed by atoms with van der Waals surface area (Å²) in [5.41, 5.74) is -0.438. The maximum Gasteiger partial charge on any atom is 1.00 e. The van der Waals surface area contributed by atoms with Crippen molar-refractivity contribution < 1.29 is 94.0 Å². The van der Waals surface area contributed by atoms with Crippen molar-refractivity contribution in [2.24, 2.45) is 4.99 Å². The van der Waals surface area contributed by atoms with E-state index in [-0.39, 0.29) is 79.6 Å². The fourth-order valence-corrected chi connectivity index (χ4v) is 4.69. The molecular formula is C20H24FN5Na2O7S. The number of rotatable bonds is 6. The zero-order valence-electron chi connectivity index (χ0n) is 22.1. The van der Waals surface area contributed by atoms with Gasteiger partial charge in [0.15, 0.2) is 6.04 Å². The van der Waals surface area contributed by atoms with E-state index in [1.54, 1.807) is 27.4 Å². The van der Waals surface area contributed by atoms with Gasteiger partial charge < -0.3 is 22.3 Å². The van der Waals surface area contributed by atoms with Crippen molar-refractivity contribution in [1.29, 1.82) is 0 Å². The molecule has 0 spiro atoms. The van der Waals surface area contributed by atoms with Crippen LogP contribution in [0.15, 0.2) is 28.1 Å². The molecule has 2 fully saturated rings. The SMILES string of the molecule is CCn1cc(C(=O)O)c(=O)c2cc(F)c(N3CCN(C=N[C@H]4CN(S(=O)(=O)O)C4=O)CC3)cc21.[H-].[H-].[Na+].[Na+]. The van der Waals surface area contributed by atoms with Gasteiger partial charge in [-0.05, 0) is 19.1 Å². The third kappa shape index (κ3) is 5.96. The molecule has 2 aliphatic heterocycles. The monoisotopic (exact) mass is 543 g/mol. The van der Waals surface area contributed by atoms with Gasteiger partial charge in [-0.25, -0.2) is 13.5 Å². The van der Waals surface area contributed by atoms with Gasteiger partial charge in [0.2, 0.25) is 5.43 Å². The number of aryl methyl sites for hydroxylation is 1. The smallest absolute Gasteiger partial charge is 1.00 e. The summed E-state index contributed by atoms with van der Waals surface area (Å²) in [4.78, 5) is 43.3. The Balaban J connectivity index is 0.00000342. The fourth-order valence-electron chi connectivity index (χ4n) is 4.01. The van der Waals surface area contributed by atoms with Crippen molar-refractivity contribution in [3.63, 3.8) is 0 Å². The third-order valence-electron chi connectivity index (χ3n) is 5.93. The number of aromatic carboxylic acids is 1. The van der Waals surface area contributed by atoms with Crippen LogP contribution in [-0.4, -0.2) is 88.8 Å². The number of β-lactam (4-membered cyclic amide) rings is 1. The van der Waals surface area contributed by atoms with Crippen LogP contribution in [0, 0.1) is 5.82 Å². The van der Waals surface area contributed by atoms with Crippen LogP contribution in [0.5, 0.6) is 0 Å². The Hall–Kier alpha value is -1.52. The Morgan fingerprint density at radius 1 is 1.22 bits per heavy atom. The number of piperazine rings is 1. The first-order valence-electron chi connectivity index (χ1n) is 10.4. The molecule has 12 nitrogen and oxygen atoms in total. The van der Waals surface area contributed by atoms with Crippen LogP contribution in [0.1, 0.15) is 20.1 Å². The molecule has 0 radical (unpaired) electrons. The normalized spacial score (nSPS) is 18.1. The Bertz CT molecular complexity index is 1390. The molecule has 3 heterocycles. The fraction of sp³-hybridized carbons (Fsp3) is 0.400. The first-order chi connectivity index (χ1) is 16.0. The van der Waals surface area contributed by atoms with Gasteiger partial charge in [0.25, 0.3) is 5.91 Å². The minimum Gasteiger partial charge on any atom is -1.00 e. The zero-order chi connectivity index (χ0) is 24.8. The first-order valence-corrected chi connectivity index (χ1v) is 11.8. The molecule has 0 bridgehead atoms. The predicted octanol–water partition coefficient (Wildman–Crippen LogP) is -5.74. The number of hydrogen-bond donors (Lipinski definition) is 2. The van der Waals surface area contributed by atoms with E-state index in [2.05, 4.69) is 4.99 Å². The van der Waals surface area contributed by atoms with Gasteiger partial charge in [0.1, 0.15) is 11.4 Å². The zero-order valence-corrected chi connectivity index (χ0v) is 24.9. The molecule has 2 aromatic rings. The van der Waals surface area contributed by atoms with E-state index < -0.39 is 45.0 Å². The summed E-state index contributed by atoms with van der Waals surface area (Å²) in [6.45, 7) is 3.67. The average molecular weight is 543 g/mol. The van der Waals surface area contributed by atoms with Gasteiger partial charge in [0, 0.05) is 44.3 Å². The maximum atomic E-state index is 14.9. The quantitative estimate of drug-likeness (QED) is 0.119. The molecule has 2 saturated heterocycles. The van der Waals surface area contributed by atoms with Crippen LogP contribution in [0.4, 0.5) is 10.1 Å². The molecule has 2 N–H and O–H groups in total. The average Bonchev–Trinajstić information content (AvgIpc) is 2.77. The van der Waals surface area contributed by atoms with Crippen molar-refractivity contribution in [1.82, 2.24) is 13.8 Å². The minimum absolute atomic E-state index is 0. The molecular weight excluding hydrogens is 519 g/mol. The van der Waals surface area contributed by atoms with E-state index in [1.165, 1.54) is 12.5 Å². The molecule has 1 aromatic carbocycles. The minimum atomic E-state index is -4.56. The molecule has 0 saturated carbocycles. The van der Waals surface area contributed by atoms with Gasteiger partial charge in [-0.15, -0.1) is 0 Å². The second kappa shape index (κ2) is 11.9. The predicted molar refractivity (Wildman–Crippen MR) is 122 cm³/mol. The van der Waals surface area contributed by atoms with Crippen LogP contribution in [-0.2, 0) is 21.6 Å². The van der Waals surface area contributed by atoms with Crippen LogP contribution in [0.25, 0.3) is 10.9 Å². The second-order valence-electron chi connectivity index (χ2n) is 7.93. The van der Waals surface area contributed by atoms with Crippen molar-refractivity contribution in [2.45, 2.75) is 19.5 Å². The Morgan fingerprint density at radius 2 is 1.86 bits per heavy atom. The van der Waals surface area contributed by atoms with Crippen LogP contribution >= 0.6 is 0 Å². The molecule has 1 amide bonds. The number of carboxylic acid groups (broad SMARTS) is 1. The summed E-state index contributed by atoms with van der Waals surface area (Å²) in [5.74, 6) is -2.81. The Morgan fingerprint density at radius 3 is 2.39 bits per heavy atom. The van der Waals surface area contributed by atoms with Crippen LogP contribution < -0.4 is 69.4 Å². The molecule has 0 unspecified atom stereocenters. The summed E-state index contributed by atoms with van der Waals surface area (Å²) in [7, 11) is -4.56. The van der Waals surface area contributed by atoms with E-state index in [1.807, 2.05) is 0 Å². The molecule has 1 atom stereocenters. The topological polar surface area (TPSA) is 153 Å². The summed E-state index contributed by atoms with van der Waals surface area (Å²) >= 11 is 0. The molecule has 2 aliphatic rings. The standard InChI is InChI=1S/C20H22FN5O7S.2Na.2H/c1-2-24-9-13(20(29)30)18(27)12-7-14(21)17(8-16(12)24)25-5-3-23(4-6-25)11-22-15-10-26(19(15)28)34(31,32)33;;;;/h7-9,11,15H,2-6,10H2,1H3,(H,29,30)(H,31,32,33);;;;/q;2*+1;2*-1/t15-;;;;/m0..../s1. The van der Waals surface area contributed by atoms with E-state index in [9.17, 15) is 32.3 Å². The summed E-state index contributed by atoms with van der Waals surface area (Å²) in [6.07, 6.45) is 2.70. The summed E-state index contributed by atoms with van der Waals surface area (Å²) in [5, 5.41) is 9.27. The number of aromatic nitrogens is 1. The van der Waals surface area contributed by atoms with Gasteiger partial charge in [-0.3, -0.25) is 19.1 Å². The van der Waals surface area contributed by atoms with E-state index in [0.29, 0.717) is 42.5 Å². The molecule has 4 rings (SSSR count). The van der Waals surface area contributed by atoms with Gasteiger partial charge in [-0.1, -0.05) is 0 Å². The van der Waals surface area contributed by atoms with E-state index in [4.69, 9.17) is 4.55 Å². The number of pyridine rings is 1.